The number of carboxylic acids is 1. The number of piperidine rings is 1. The first-order chi connectivity index (χ1) is 17.4. The van der Waals surface area contributed by atoms with Crippen LogP contribution in [0.2, 0.25) is 10.0 Å². The molecule has 1 N–H and O–H groups in total. The van der Waals surface area contributed by atoms with E-state index >= 15 is 0 Å². The summed E-state index contributed by atoms with van der Waals surface area (Å²) in [5.41, 5.74) is 2.38. The number of carbonyl (C=O) groups excluding carboxylic acids is 2. The lowest BCUT2D eigenvalue weighted by Gasteiger charge is -2.28. The maximum atomic E-state index is 12.7. The Morgan fingerprint density at radius 3 is 2.11 bits per heavy atom. The third-order valence-electron chi connectivity index (χ3n) is 7.04. The number of fused-ring (bicyclic) bond motifs is 2. The van der Waals surface area contributed by atoms with Crippen LogP contribution in [0.3, 0.4) is 0 Å². The Morgan fingerprint density at radius 2 is 1.62 bits per heavy atom. The summed E-state index contributed by atoms with van der Waals surface area (Å²) in [6.07, 6.45) is 0.218. The quantitative estimate of drug-likeness (QED) is 0.496. The molecule has 1 aliphatic heterocycles. The number of nitrogens with one attached hydrogen (secondary N) is 1. The normalized spacial score (nSPS) is 20.6. The van der Waals surface area contributed by atoms with Crippen LogP contribution in [0.4, 0.5) is 13.2 Å². The van der Waals surface area contributed by atoms with Gasteiger partial charge in [0.25, 0.3) is 0 Å². The fourth-order valence-electron chi connectivity index (χ4n) is 5.14. The molecule has 2 unspecified atom stereocenters. The fraction of sp³-hybridized carbons (Fsp3) is 0.481. The minimum Gasteiger partial charge on any atom is -0.542 e. The van der Waals surface area contributed by atoms with Crippen LogP contribution in [0.25, 0.3) is 0 Å². The van der Waals surface area contributed by atoms with Crippen LogP contribution < -0.4 is 10.4 Å². The zero-order chi connectivity index (χ0) is 27.2. The number of hydrogen-bond donors (Lipinski definition) is 1. The lowest BCUT2D eigenvalue weighted by atomic mass is 9.86. The lowest BCUT2D eigenvalue weighted by Crippen LogP contribution is -2.40. The number of alkyl halides is 3. The van der Waals surface area contributed by atoms with Crippen LogP contribution >= 0.6 is 23.2 Å². The highest BCUT2D eigenvalue weighted by Crippen LogP contribution is 2.37. The summed E-state index contributed by atoms with van der Waals surface area (Å²) in [6, 6.07) is 16.6. The second-order valence-electron chi connectivity index (χ2n) is 9.71. The zero-order valence-corrected chi connectivity index (χ0v) is 22.0. The molecular weight excluding hydrogens is 528 g/mol. The standard InChI is InChI=1S/C25H30Cl2N2O.C2HF3O2/c1-17(28-25(30)12-13-29-16-19-4-11-23(29)14-19)24(20-5-9-22(27)10-6-20)15-18-2-7-21(26)8-3-18;3-2(4,5)1(6)7/h2-3,5-10,17,19,23-24H,4,11-16H2,1H3,(H,28,30);(H,6,7)/p-1/t17-,19?,23?,24+;/m1./s1. The fourth-order valence-corrected chi connectivity index (χ4v) is 5.39. The molecule has 0 spiro atoms. The average molecular weight is 558 g/mol. The molecule has 202 valence electrons. The number of carbonyl (C=O) groups is 2. The summed E-state index contributed by atoms with van der Waals surface area (Å²) in [5, 5.41) is 13.5. The van der Waals surface area contributed by atoms with Crippen LogP contribution in [-0.4, -0.2) is 48.1 Å². The van der Waals surface area contributed by atoms with E-state index in [0.29, 0.717) is 12.5 Å². The molecule has 1 heterocycles. The molecule has 1 saturated carbocycles. The van der Waals surface area contributed by atoms with Crippen molar-refractivity contribution in [3.63, 3.8) is 0 Å². The van der Waals surface area contributed by atoms with Gasteiger partial charge in [0, 0.05) is 47.6 Å². The van der Waals surface area contributed by atoms with Crippen molar-refractivity contribution in [1.82, 2.24) is 10.2 Å². The van der Waals surface area contributed by atoms with Gasteiger partial charge in [-0.05, 0) is 73.9 Å². The van der Waals surface area contributed by atoms with E-state index in [-0.39, 0.29) is 17.9 Å². The molecule has 1 amide bonds. The minimum atomic E-state index is -5.19. The van der Waals surface area contributed by atoms with E-state index < -0.39 is 12.1 Å². The average Bonchev–Trinajstić information content (AvgIpc) is 3.46. The number of aliphatic carboxylic acids is 1. The number of likely N-dealkylation sites (tertiary alicyclic amines) is 1. The van der Waals surface area contributed by atoms with E-state index in [2.05, 4.69) is 41.4 Å². The number of hydrogen-bond acceptors (Lipinski definition) is 4. The molecule has 4 atom stereocenters. The predicted octanol–water partition coefficient (Wildman–Crippen LogP) is 5.00. The monoisotopic (exact) mass is 557 g/mol. The van der Waals surface area contributed by atoms with Gasteiger partial charge in [-0.1, -0.05) is 47.5 Å². The van der Waals surface area contributed by atoms with Gasteiger partial charge in [0.1, 0.15) is 5.97 Å². The van der Waals surface area contributed by atoms with Crippen molar-refractivity contribution in [2.24, 2.45) is 5.92 Å². The van der Waals surface area contributed by atoms with Crippen molar-refractivity contribution in [3.8, 4) is 0 Å². The number of nitrogens with zero attached hydrogens (tertiary/aromatic N) is 1. The number of carboxylic acid groups (broad SMARTS) is 1. The Morgan fingerprint density at radius 1 is 1.05 bits per heavy atom. The second kappa shape index (κ2) is 13.0. The van der Waals surface area contributed by atoms with Crippen molar-refractivity contribution in [2.45, 2.75) is 63.2 Å². The molecule has 0 aromatic heterocycles. The topological polar surface area (TPSA) is 72.5 Å². The Hall–Kier alpha value is -2.29. The van der Waals surface area contributed by atoms with Crippen molar-refractivity contribution < 1.29 is 27.9 Å². The van der Waals surface area contributed by atoms with Crippen molar-refractivity contribution in [2.75, 3.05) is 13.1 Å². The van der Waals surface area contributed by atoms with Gasteiger partial charge in [0.15, 0.2) is 0 Å². The van der Waals surface area contributed by atoms with Crippen LogP contribution in [0.15, 0.2) is 48.5 Å². The Kier molecular flexibility index (Phi) is 10.3. The van der Waals surface area contributed by atoms with E-state index in [4.69, 9.17) is 33.1 Å². The first-order valence-corrected chi connectivity index (χ1v) is 13.0. The second-order valence-corrected chi connectivity index (χ2v) is 10.6. The Balaban J connectivity index is 0.000000479. The van der Waals surface area contributed by atoms with Crippen LogP contribution in [-0.2, 0) is 16.0 Å². The van der Waals surface area contributed by atoms with Crippen LogP contribution in [0, 0.1) is 5.92 Å². The van der Waals surface area contributed by atoms with Crippen LogP contribution in [0.1, 0.15) is 49.7 Å². The van der Waals surface area contributed by atoms with Gasteiger partial charge < -0.3 is 15.2 Å². The molecule has 1 saturated heterocycles. The van der Waals surface area contributed by atoms with E-state index in [0.717, 1.165) is 28.9 Å². The number of halogens is 5. The van der Waals surface area contributed by atoms with Gasteiger partial charge in [-0.3, -0.25) is 9.69 Å². The predicted molar refractivity (Wildman–Crippen MR) is 135 cm³/mol. The molecule has 10 heteroatoms. The largest absolute Gasteiger partial charge is 0.542 e. The van der Waals surface area contributed by atoms with Gasteiger partial charge in [-0.15, -0.1) is 0 Å². The molecular formula is C27H30Cl2F3N2O3-. The van der Waals surface area contributed by atoms with E-state index in [1.807, 2.05) is 24.3 Å². The van der Waals surface area contributed by atoms with Gasteiger partial charge in [-0.2, -0.15) is 13.2 Å². The van der Waals surface area contributed by atoms with Gasteiger partial charge in [0.2, 0.25) is 5.91 Å². The van der Waals surface area contributed by atoms with Crippen LogP contribution in [0.5, 0.6) is 0 Å². The molecule has 4 rings (SSSR count). The molecule has 1 aliphatic carbocycles. The molecule has 37 heavy (non-hydrogen) atoms. The van der Waals surface area contributed by atoms with Crippen molar-refractivity contribution in [1.29, 1.82) is 0 Å². The number of amides is 1. The zero-order valence-electron chi connectivity index (χ0n) is 20.4. The Labute approximate surface area is 224 Å². The third kappa shape index (κ3) is 8.90. The maximum Gasteiger partial charge on any atom is 0.430 e. The molecule has 2 aromatic rings. The first kappa shape index (κ1) is 29.3. The summed E-state index contributed by atoms with van der Waals surface area (Å²) in [7, 11) is 0. The molecule has 5 nitrogen and oxygen atoms in total. The van der Waals surface area contributed by atoms with Crippen molar-refractivity contribution in [3.05, 3.63) is 69.7 Å². The minimum absolute atomic E-state index is 0.0179. The molecule has 0 radical (unpaired) electrons. The highest BCUT2D eigenvalue weighted by atomic mass is 35.5. The van der Waals surface area contributed by atoms with E-state index in [1.165, 1.54) is 36.9 Å². The van der Waals surface area contributed by atoms with Gasteiger partial charge in [0.05, 0.1) is 0 Å². The summed E-state index contributed by atoms with van der Waals surface area (Å²) < 4.78 is 31.5. The summed E-state index contributed by atoms with van der Waals surface area (Å²) in [4.78, 5) is 24.0. The SMILES string of the molecule is C[C@@H](NC(=O)CCN1CC2CCC1C2)[C@H](Cc1ccc(Cl)cc1)c1ccc(Cl)cc1.O=C([O-])C(F)(F)F. The first-order valence-electron chi connectivity index (χ1n) is 12.2. The van der Waals surface area contributed by atoms with E-state index in [9.17, 15) is 18.0 Å². The molecule has 2 aromatic carbocycles. The maximum absolute atomic E-state index is 12.7. The summed E-state index contributed by atoms with van der Waals surface area (Å²) in [5.74, 6) is -1.84. The van der Waals surface area contributed by atoms with Gasteiger partial charge >= 0.3 is 6.18 Å². The molecule has 2 aliphatic rings. The summed E-state index contributed by atoms with van der Waals surface area (Å²) >= 11 is 12.1. The molecule has 2 fully saturated rings. The highest BCUT2D eigenvalue weighted by molar-refractivity contribution is 6.30. The number of rotatable bonds is 8. The van der Waals surface area contributed by atoms with Crippen molar-refractivity contribution >= 4 is 35.1 Å². The number of benzene rings is 2. The Bertz CT molecular complexity index is 1050. The highest BCUT2D eigenvalue weighted by Gasteiger charge is 2.37. The summed E-state index contributed by atoms with van der Waals surface area (Å²) in [6.45, 7) is 4.16. The van der Waals surface area contributed by atoms with E-state index in [1.54, 1.807) is 0 Å². The smallest absolute Gasteiger partial charge is 0.430 e. The lowest BCUT2D eigenvalue weighted by molar-refractivity contribution is -0.344. The van der Waals surface area contributed by atoms with Gasteiger partial charge in [-0.25, -0.2) is 0 Å². The molecule has 2 bridgehead atoms. The third-order valence-corrected chi connectivity index (χ3v) is 7.54.